The van der Waals surface area contributed by atoms with E-state index in [0.29, 0.717) is 12.8 Å². The molecule has 0 bridgehead atoms. The molecule has 8 nitrogen and oxygen atoms in total. The van der Waals surface area contributed by atoms with Crippen LogP contribution in [0.25, 0.3) is 0 Å². The van der Waals surface area contributed by atoms with Gasteiger partial charge < -0.3 is 20.6 Å². The number of carbonyl (C=O) groups is 2. The molecule has 0 saturated heterocycles. The lowest BCUT2D eigenvalue weighted by Gasteiger charge is -2.58. The van der Waals surface area contributed by atoms with Crippen LogP contribution in [-0.2, 0) is 25.1 Å². The van der Waals surface area contributed by atoms with Crippen LogP contribution in [0.5, 0.6) is 0 Å². The van der Waals surface area contributed by atoms with Gasteiger partial charge >= 0.3 is 7.82 Å². The van der Waals surface area contributed by atoms with Gasteiger partial charge in [-0.3, -0.25) is 14.1 Å². The first-order chi connectivity index (χ1) is 20.3. The Morgan fingerprint density at radius 3 is 2.47 bits per heavy atom. The number of Topliss-reactive ketones (excluding diaryl/α,β-unsaturated/α-hetero) is 1. The zero-order valence-corrected chi connectivity index (χ0v) is 25.7. The van der Waals surface area contributed by atoms with E-state index in [2.05, 4.69) is 41.8 Å². The number of rotatable bonds is 6. The third-order valence-electron chi connectivity index (χ3n) is 10.5. The molecule has 9 heteroatoms. The molecule has 7 unspecified atom stereocenters. The van der Waals surface area contributed by atoms with E-state index in [9.17, 15) is 19.3 Å². The maximum atomic E-state index is 12.7. The predicted molar refractivity (Wildman–Crippen MR) is 165 cm³/mol. The normalized spacial score (nSPS) is 32.9. The first-order valence-electron chi connectivity index (χ1n) is 15.0. The quantitative estimate of drug-likeness (QED) is 0.252. The van der Waals surface area contributed by atoms with Crippen LogP contribution in [0.4, 0.5) is 5.69 Å². The second kappa shape index (κ2) is 12.3. The van der Waals surface area contributed by atoms with Crippen molar-refractivity contribution < 1.29 is 33.6 Å². The molecule has 4 aliphatic rings. The molecule has 43 heavy (non-hydrogen) atoms. The SMILES string of the molecule is CC12C=CC(=O)C=C1CCC1C2C(O)CC2(C)C(C(=O)COP(=O)(O)O)CCC12.Nc1cccc(Cc2ccccc2)c1. The number of allylic oxidation sites excluding steroid dienone is 4. The summed E-state index contributed by atoms with van der Waals surface area (Å²) in [6.45, 7) is 3.55. The predicted octanol–water partition coefficient (Wildman–Crippen LogP) is 5.42. The van der Waals surface area contributed by atoms with Gasteiger partial charge in [0, 0.05) is 22.9 Å². The number of nitrogen functional groups attached to an aromatic ring is 1. The zero-order valence-electron chi connectivity index (χ0n) is 24.8. The van der Waals surface area contributed by atoms with Crippen LogP contribution in [0.15, 0.2) is 78.4 Å². The first-order valence-corrected chi connectivity index (χ1v) is 16.6. The van der Waals surface area contributed by atoms with Crippen LogP contribution in [0.3, 0.4) is 0 Å². The summed E-state index contributed by atoms with van der Waals surface area (Å²) in [7, 11) is -4.70. The van der Waals surface area contributed by atoms with Crippen molar-refractivity contribution in [3.8, 4) is 0 Å². The van der Waals surface area contributed by atoms with E-state index in [1.54, 1.807) is 12.2 Å². The summed E-state index contributed by atoms with van der Waals surface area (Å²) in [5.41, 5.74) is 9.46. The molecular formula is C34H42NO7P. The van der Waals surface area contributed by atoms with Crippen LogP contribution >= 0.6 is 7.82 Å². The van der Waals surface area contributed by atoms with Gasteiger partial charge in [-0.1, -0.05) is 68.0 Å². The van der Waals surface area contributed by atoms with Gasteiger partial charge in [-0.05, 0) is 91.2 Å². The number of phosphoric ester groups is 1. The molecule has 0 aromatic heterocycles. The van der Waals surface area contributed by atoms with E-state index in [1.165, 1.54) is 11.1 Å². The molecule has 0 radical (unpaired) electrons. The molecule has 3 fully saturated rings. The van der Waals surface area contributed by atoms with Gasteiger partial charge in [-0.2, -0.15) is 0 Å². The van der Waals surface area contributed by atoms with Crippen LogP contribution in [0.2, 0.25) is 0 Å². The minimum Gasteiger partial charge on any atom is -0.399 e. The Labute approximate surface area is 253 Å². The number of hydrogen-bond donors (Lipinski definition) is 4. The lowest BCUT2D eigenvalue weighted by Crippen LogP contribution is -2.56. The van der Waals surface area contributed by atoms with Gasteiger partial charge in [0.05, 0.1) is 6.10 Å². The molecule has 3 saturated carbocycles. The fraction of sp³-hybridized carbons (Fsp3) is 0.471. The van der Waals surface area contributed by atoms with Crippen molar-refractivity contribution in [2.75, 3.05) is 12.3 Å². The average Bonchev–Trinajstić information content (AvgIpc) is 3.29. The number of aliphatic hydroxyl groups is 1. The smallest absolute Gasteiger partial charge is 0.399 e. The molecule has 7 atom stereocenters. The highest BCUT2D eigenvalue weighted by molar-refractivity contribution is 7.46. The van der Waals surface area contributed by atoms with Gasteiger partial charge in [-0.25, -0.2) is 4.57 Å². The minimum absolute atomic E-state index is 0.00245. The van der Waals surface area contributed by atoms with E-state index in [0.717, 1.165) is 36.9 Å². The second-order valence-electron chi connectivity index (χ2n) is 13.1. The topological polar surface area (TPSA) is 147 Å². The molecule has 0 heterocycles. The van der Waals surface area contributed by atoms with Crippen LogP contribution < -0.4 is 5.73 Å². The van der Waals surface area contributed by atoms with Gasteiger partial charge in [0.15, 0.2) is 11.6 Å². The highest BCUT2D eigenvalue weighted by Gasteiger charge is 2.62. The maximum absolute atomic E-state index is 12.7. The standard InChI is InChI=1S/C21H29O7P.C13H13N/c1-20-8-7-13(22)9-12(20)3-4-14-15-5-6-16(18(24)11-28-29(25,26)27)21(15,2)10-17(23)19(14)20;14-13-8-4-7-12(10-13)9-11-5-2-1-3-6-11/h7-9,14-17,19,23H,3-6,10-11H2,1-2H3,(H2,25,26,27);1-8,10H,9,14H2. The molecule has 4 aliphatic carbocycles. The largest absolute Gasteiger partial charge is 0.470 e. The Bertz CT molecular complexity index is 1470. The van der Waals surface area contributed by atoms with Gasteiger partial charge in [0.1, 0.15) is 6.61 Å². The van der Waals surface area contributed by atoms with E-state index in [4.69, 9.17) is 15.5 Å². The van der Waals surface area contributed by atoms with Crippen LogP contribution in [0, 0.1) is 34.5 Å². The van der Waals surface area contributed by atoms with E-state index >= 15 is 0 Å². The van der Waals surface area contributed by atoms with Crippen LogP contribution in [-0.4, -0.2) is 39.2 Å². The second-order valence-corrected chi connectivity index (χ2v) is 14.3. The summed E-state index contributed by atoms with van der Waals surface area (Å²) in [4.78, 5) is 42.4. The number of phosphoric acid groups is 1. The molecule has 0 amide bonds. The summed E-state index contributed by atoms with van der Waals surface area (Å²) in [6.07, 6.45) is 9.29. The fourth-order valence-electron chi connectivity index (χ4n) is 8.64. The lowest BCUT2D eigenvalue weighted by molar-refractivity contribution is -0.141. The summed E-state index contributed by atoms with van der Waals surface area (Å²) < 4.78 is 15.5. The van der Waals surface area contributed by atoms with E-state index in [-0.39, 0.29) is 40.7 Å². The molecule has 0 spiro atoms. The van der Waals surface area contributed by atoms with Crippen molar-refractivity contribution in [2.45, 2.75) is 58.5 Å². The Kier molecular flexibility index (Phi) is 8.99. The number of nitrogens with two attached hydrogens (primary N) is 1. The summed E-state index contributed by atoms with van der Waals surface area (Å²) in [5.74, 6) is -0.168. The number of carbonyl (C=O) groups excluding carboxylic acids is 2. The van der Waals surface area contributed by atoms with Crippen molar-refractivity contribution in [3.05, 3.63) is 89.5 Å². The summed E-state index contributed by atoms with van der Waals surface area (Å²) in [6, 6.07) is 18.4. The number of fused-ring (bicyclic) bond motifs is 5. The Hall–Kier alpha value is -2.87. The Morgan fingerprint density at radius 2 is 1.77 bits per heavy atom. The molecular weight excluding hydrogens is 565 g/mol. The molecule has 2 aromatic rings. The third-order valence-corrected chi connectivity index (χ3v) is 10.9. The highest BCUT2D eigenvalue weighted by Crippen LogP contribution is 2.66. The van der Waals surface area contributed by atoms with Gasteiger partial charge in [-0.15, -0.1) is 0 Å². The number of hydrogen-bond acceptors (Lipinski definition) is 6. The van der Waals surface area contributed by atoms with E-state index < -0.39 is 25.9 Å². The number of benzene rings is 2. The van der Waals surface area contributed by atoms with Crippen molar-refractivity contribution >= 4 is 25.1 Å². The molecule has 2 aromatic carbocycles. The lowest BCUT2D eigenvalue weighted by atomic mass is 9.46. The monoisotopic (exact) mass is 607 g/mol. The van der Waals surface area contributed by atoms with Gasteiger partial charge in [0.25, 0.3) is 0 Å². The molecule has 5 N–H and O–H groups in total. The number of aliphatic hydroxyl groups excluding tert-OH is 1. The van der Waals surface area contributed by atoms with Crippen molar-refractivity contribution in [1.29, 1.82) is 0 Å². The van der Waals surface area contributed by atoms with Crippen molar-refractivity contribution in [2.24, 2.45) is 34.5 Å². The van der Waals surface area contributed by atoms with Crippen molar-refractivity contribution in [3.63, 3.8) is 0 Å². The fourth-order valence-corrected chi connectivity index (χ4v) is 8.93. The number of anilines is 1. The van der Waals surface area contributed by atoms with Gasteiger partial charge in [0.2, 0.25) is 0 Å². The molecule has 230 valence electrons. The maximum Gasteiger partial charge on any atom is 0.470 e. The molecule has 6 rings (SSSR count). The Balaban J connectivity index is 0.000000220. The van der Waals surface area contributed by atoms with Crippen molar-refractivity contribution in [1.82, 2.24) is 0 Å². The third kappa shape index (κ3) is 6.64. The minimum atomic E-state index is -4.70. The first kappa shape index (κ1) is 31.6. The highest BCUT2D eigenvalue weighted by atomic mass is 31.2. The molecule has 0 aliphatic heterocycles. The summed E-state index contributed by atoms with van der Waals surface area (Å²) in [5, 5.41) is 11.2. The Morgan fingerprint density at radius 1 is 1.05 bits per heavy atom. The number of ketones is 2. The summed E-state index contributed by atoms with van der Waals surface area (Å²) >= 11 is 0. The average molecular weight is 608 g/mol. The van der Waals surface area contributed by atoms with Crippen LogP contribution in [0.1, 0.15) is 57.1 Å². The zero-order chi connectivity index (χ0) is 31.0. The van der Waals surface area contributed by atoms with E-state index in [1.807, 2.05) is 37.3 Å².